The molecule has 0 aliphatic heterocycles. The molecule has 0 heterocycles. The maximum Gasteiger partial charge on any atom is 0.313 e. The van der Waals surface area contributed by atoms with Gasteiger partial charge in [-0.15, -0.1) is 0 Å². The zero-order chi connectivity index (χ0) is 27.0. The quantitative estimate of drug-likeness (QED) is 0.110. The van der Waals surface area contributed by atoms with Crippen LogP contribution in [-0.2, 0) is 23.8 Å². The molecule has 2 rings (SSSR count). The Kier molecular flexibility index (Phi) is 33.3. The fraction of sp³-hybridized carbons (Fsp3) is 0.545. The Hall–Kier alpha value is -3.77. The minimum absolute atomic E-state index is 0. The van der Waals surface area contributed by atoms with Crippen molar-refractivity contribution in [1.82, 2.24) is 0 Å². The summed E-state index contributed by atoms with van der Waals surface area (Å²) < 4.78 is 20.1. The molecular formula is C33H59N3O6. The summed E-state index contributed by atoms with van der Waals surface area (Å²) in [6.45, 7) is 9.20. The number of ether oxygens (including phenoxy) is 4. The van der Waals surface area contributed by atoms with Crippen LogP contribution in [0.25, 0.3) is 0 Å². The lowest BCUT2D eigenvalue weighted by Gasteiger charge is -2.20. The van der Waals surface area contributed by atoms with Gasteiger partial charge in [-0.2, -0.15) is 15.5 Å². The molecule has 1 atom stereocenters. The van der Waals surface area contributed by atoms with Gasteiger partial charge in [-0.3, -0.25) is 9.59 Å². The van der Waals surface area contributed by atoms with E-state index in [4.69, 9.17) is 19.5 Å². The lowest BCUT2D eigenvalue weighted by atomic mass is 9.91. The molecule has 42 heavy (non-hydrogen) atoms. The van der Waals surface area contributed by atoms with E-state index in [0.717, 1.165) is 6.42 Å². The van der Waals surface area contributed by atoms with Crippen LogP contribution in [0, 0.1) is 22.7 Å². The molecule has 0 aliphatic rings. The summed E-state index contributed by atoms with van der Waals surface area (Å²) in [4.78, 5) is 22.3. The molecule has 1 unspecified atom stereocenters. The van der Waals surface area contributed by atoms with Gasteiger partial charge in [0, 0.05) is 0 Å². The second-order valence-electron chi connectivity index (χ2n) is 8.44. The average Bonchev–Trinajstić information content (AvgIpc) is 2.91. The van der Waals surface area contributed by atoms with Crippen molar-refractivity contribution >= 4 is 23.3 Å². The van der Waals surface area contributed by atoms with Crippen molar-refractivity contribution in [3.63, 3.8) is 0 Å². The summed E-state index contributed by atoms with van der Waals surface area (Å²) in [5.41, 5.74) is 1.38. The van der Waals surface area contributed by atoms with E-state index < -0.39 is 5.41 Å². The molecule has 0 radical (unpaired) electrons. The largest absolute Gasteiger partial charge is 0.469 e. The van der Waals surface area contributed by atoms with E-state index in [9.17, 15) is 9.59 Å². The van der Waals surface area contributed by atoms with Crippen molar-refractivity contribution in [3.05, 3.63) is 54.1 Å². The van der Waals surface area contributed by atoms with Gasteiger partial charge in [0.1, 0.15) is 5.75 Å². The molecule has 0 saturated carbocycles. The molecule has 0 saturated heterocycles. The number of hydrogen-bond donors (Lipinski definition) is 0. The smallest absolute Gasteiger partial charge is 0.313 e. The van der Waals surface area contributed by atoms with Crippen LogP contribution in [0.15, 0.2) is 58.8 Å². The number of hydrogen-bond acceptors (Lipinski definition) is 9. The van der Waals surface area contributed by atoms with Crippen LogP contribution in [0.5, 0.6) is 5.75 Å². The molecular weight excluding hydrogens is 534 g/mol. The first-order valence-corrected chi connectivity index (χ1v) is 11.6. The maximum atomic E-state index is 11.8. The number of benzene rings is 2. The zero-order valence-electron chi connectivity index (χ0n) is 21.8. The highest BCUT2D eigenvalue weighted by molar-refractivity contribution is 5.75. The molecule has 9 nitrogen and oxygen atoms in total. The highest BCUT2D eigenvalue weighted by atomic mass is 16.7. The van der Waals surface area contributed by atoms with Gasteiger partial charge < -0.3 is 18.9 Å². The molecule has 2 aromatic rings. The van der Waals surface area contributed by atoms with Crippen molar-refractivity contribution in [1.29, 1.82) is 5.26 Å². The summed E-state index contributed by atoms with van der Waals surface area (Å²) in [6.07, 6.45) is 1.55. The molecule has 0 fully saturated rings. The fourth-order valence-corrected chi connectivity index (χ4v) is 2.27. The Bertz CT molecular complexity index is 1010. The summed E-state index contributed by atoms with van der Waals surface area (Å²) in [5, 5.41) is 17.0. The van der Waals surface area contributed by atoms with E-state index in [2.05, 4.69) is 21.0 Å². The van der Waals surface area contributed by atoms with E-state index in [1.165, 1.54) is 7.11 Å². The lowest BCUT2D eigenvalue weighted by molar-refractivity contribution is -0.172. The first kappa shape index (κ1) is 51.0. The molecule has 0 aliphatic carbocycles. The molecule has 0 aromatic heterocycles. The number of azo groups is 1. The molecule has 0 bridgehead atoms. The zero-order valence-corrected chi connectivity index (χ0v) is 21.8. The van der Waals surface area contributed by atoms with E-state index in [1.54, 1.807) is 48.5 Å². The minimum atomic E-state index is -0.521. The van der Waals surface area contributed by atoms with Gasteiger partial charge in [0.2, 0.25) is 0 Å². The highest BCUT2D eigenvalue weighted by Crippen LogP contribution is 2.22. The Labute approximate surface area is 257 Å². The number of rotatable bonds is 11. The molecule has 0 spiro atoms. The van der Waals surface area contributed by atoms with Crippen LogP contribution in [0.2, 0.25) is 0 Å². The maximum absolute atomic E-state index is 11.8. The van der Waals surface area contributed by atoms with Crippen LogP contribution in [0.3, 0.4) is 0 Å². The van der Waals surface area contributed by atoms with Crippen LogP contribution >= 0.6 is 0 Å². The van der Waals surface area contributed by atoms with E-state index in [1.807, 2.05) is 34.6 Å². The Morgan fingerprint density at radius 1 is 0.857 bits per heavy atom. The Balaban J connectivity index is -0.000000205. The molecule has 0 amide bonds. The minimum Gasteiger partial charge on any atom is -0.469 e. The van der Waals surface area contributed by atoms with Crippen molar-refractivity contribution in [3.8, 4) is 11.8 Å². The van der Waals surface area contributed by atoms with Crippen LogP contribution in [0.4, 0.5) is 11.4 Å². The Morgan fingerprint density at radius 2 is 1.33 bits per heavy atom. The third kappa shape index (κ3) is 19.3. The third-order valence-electron chi connectivity index (χ3n) is 5.35. The van der Waals surface area contributed by atoms with E-state index in [-0.39, 0.29) is 76.0 Å². The normalized spacial score (nSPS) is 9.93. The van der Waals surface area contributed by atoms with Crippen LogP contribution in [0.1, 0.15) is 97.6 Å². The second-order valence-corrected chi connectivity index (χ2v) is 8.44. The predicted molar refractivity (Wildman–Crippen MR) is 175 cm³/mol. The van der Waals surface area contributed by atoms with Crippen LogP contribution < -0.4 is 4.74 Å². The standard InChI is InChI=1S/C21H23N3O4.C6H12O2.6CH4/c1-4-21(2,3)20(25)28-15-26-14-27-19-11-9-18(10-12-19)24-23-17-7-5-16(13-22)6-8-17;1-4-5(2)6(7)8-3;;;;;;/h5-12H,4,14-15H2,1-3H3;5H,4H2,1-3H3;6*1H4. The molecule has 2 aromatic carbocycles. The second kappa shape index (κ2) is 27.4. The van der Waals surface area contributed by atoms with Crippen molar-refractivity contribution in [2.45, 2.75) is 92.0 Å². The van der Waals surface area contributed by atoms with Crippen molar-refractivity contribution in [2.75, 3.05) is 20.7 Å². The predicted octanol–water partition coefficient (Wildman–Crippen LogP) is 10.3. The topological polar surface area (TPSA) is 120 Å². The molecule has 9 heteroatoms. The number of esters is 2. The highest BCUT2D eigenvalue weighted by Gasteiger charge is 2.26. The van der Waals surface area contributed by atoms with E-state index in [0.29, 0.717) is 29.1 Å². The van der Waals surface area contributed by atoms with Crippen molar-refractivity contribution in [2.24, 2.45) is 21.6 Å². The molecule has 242 valence electrons. The van der Waals surface area contributed by atoms with Gasteiger partial charge in [0.25, 0.3) is 0 Å². The van der Waals surface area contributed by atoms with Crippen LogP contribution in [-0.4, -0.2) is 32.6 Å². The first-order chi connectivity index (χ1) is 17.2. The van der Waals surface area contributed by atoms with Gasteiger partial charge in [0.05, 0.1) is 41.5 Å². The number of carbonyl (C=O) groups is 2. The fourth-order valence-electron chi connectivity index (χ4n) is 2.27. The molecule has 0 N–H and O–H groups in total. The summed E-state index contributed by atoms with van der Waals surface area (Å²) in [6, 6.07) is 15.9. The number of nitriles is 1. The monoisotopic (exact) mass is 593 g/mol. The van der Waals surface area contributed by atoms with Gasteiger partial charge in [-0.25, -0.2) is 0 Å². The van der Waals surface area contributed by atoms with E-state index >= 15 is 0 Å². The first-order valence-electron chi connectivity index (χ1n) is 11.6. The summed E-state index contributed by atoms with van der Waals surface area (Å²) >= 11 is 0. The number of nitrogens with zero attached hydrogens (tertiary/aromatic N) is 3. The number of carbonyl (C=O) groups excluding carboxylic acids is 2. The average molecular weight is 594 g/mol. The summed E-state index contributed by atoms with van der Waals surface area (Å²) in [7, 11) is 1.41. The third-order valence-corrected chi connectivity index (χ3v) is 5.35. The Morgan fingerprint density at radius 3 is 1.71 bits per heavy atom. The SMILES string of the molecule is C.C.C.C.C.C.CCC(C)(C)C(=O)OCOCOc1ccc(N=Nc2ccc(C#N)cc2)cc1.CCC(C)C(=O)OC. The number of methoxy groups -OCH3 is 1. The van der Waals surface area contributed by atoms with Gasteiger partial charge in [0.15, 0.2) is 13.6 Å². The van der Waals surface area contributed by atoms with Gasteiger partial charge in [-0.1, -0.05) is 65.3 Å². The van der Waals surface area contributed by atoms with Gasteiger partial charge in [-0.05, 0) is 75.2 Å². The lowest BCUT2D eigenvalue weighted by Crippen LogP contribution is -2.26. The van der Waals surface area contributed by atoms with Crippen molar-refractivity contribution < 1.29 is 28.5 Å². The summed E-state index contributed by atoms with van der Waals surface area (Å²) in [5.74, 6) is 0.233. The van der Waals surface area contributed by atoms with Gasteiger partial charge >= 0.3 is 11.9 Å².